The molecule has 0 bridgehead atoms. The Morgan fingerprint density at radius 3 is 3.00 bits per heavy atom. The zero-order chi connectivity index (χ0) is 18.5. The molecule has 1 fully saturated rings. The van der Waals surface area contributed by atoms with Crippen LogP contribution in [0.3, 0.4) is 0 Å². The highest BCUT2D eigenvalue weighted by molar-refractivity contribution is 7.89. The second-order valence-electron chi connectivity index (χ2n) is 6.86. The minimum absolute atomic E-state index is 0.0586. The zero-order valence-corrected chi connectivity index (χ0v) is 15.7. The molecule has 9 heteroatoms. The number of aromatic nitrogens is 4. The smallest absolute Gasteiger partial charge is 0.214 e. The fraction of sp³-hybridized carbons (Fsp3) is 0.529. The Morgan fingerprint density at radius 1 is 1.46 bits per heavy atom. The first kappa shape index (κ1) is 17.4. The van der Waals surface area contributed by atoms with Crippen molar-refractivity contribution in [1.82, 2.24) is 23.8 Å². The van der Waals surface area contributed by atoms with E-state index in [1.54, 1.807) is 17.4 Å². The Kier molecular flexibility index (Phi) is 4.25. The van der Waals surface area contributed by atoms with Crippen LogP contribution in [-0.4, -0.2) is 56.2 Å². The van der Waals surface area contributed by atoms with Crippen LogP contribution >= 0.6 is 0 Å². The van der Waals surface area contributed by atoms with E-state index in [1.807, 2.05) is 23.8 Å². The Bertz CT molecular complexity index is 1050. The molecule has 26 heavy (non-hydrogen) atoms. The van der Waals surface area contributed by atoms with Crippen LogP contribution in [0.25, 0.3) is 22.1 Å². The molecule has 1 saturated heterocycles. The lowest BCUT2D eigenvalue weighted by molar-refractivity contribution is 0.182. The summed E-state index contributed by atoms with van der Waals surface area (Å²) in [6.07, 6.45) is 4.06. The van der Waals surface area contributed by atoms with Gasteiger partial charge in [-0.05, 0) is 25.8 Å². The van der Waals surface area contributed by atoms with Crippen molar-refractivity contribution in [1.29, 1.82) is 0 Å². The standard InChI is InChI=1S/C17H23N5O3S/c1-3-8-26(24,25)21-7-5-12(10-21)22-15-13-4-6-18-16(13)19-9-14(15)20-17(22)11(2)23/h4,6,9,11-12,23H,3,5,7-8,10H2,1-2H3,(H,18,19)/t11-,12?/m1/s1. The minimum Gasteiger partial charge on any atom is -0.385 e. The summed E-state index contributed by atoms with van der Waals surface area (Å²) in [6, 6.07) is 1.88. The second-order valence-corrected chi connectivity index (χ2v) is 8.95. The van der Waals surface area contributed by atoms with Crippen LogP contribution in [0.1, 0.15) is 44.7 Å². The molecular weight excluding hydrogens is 354 g/mol. The van der Waals surface area contributed by atoms with Crippen molar-refractivity contribution < 1.29 is 13.5 Å². The molecule has 8 nitrogen and oxygen atoms in total. The van der Waals surface area contributed by atoms with E-state index < -0.39 is 16.1 Å². The molecule has 4 heterocycles. The summed E-state index contributed by atoms with van der Waals surface area (Å²) in [5.74, 6) is 0.717. The fourth-order valence-corrected chi connectivity index (χ4v) is 5.39. The summed E-state index contributed by atoms with van der Waals surface area (Å²) in [7, 11) is -3.23. The lowest BCUT2D eigenvalue weighted by Crippen LogP contribution is -2.31. The molecule has 0 radical (unpaired) electrons. The van der Waals surface area contributed by atoms with Gasteiger partial charge in [0, 0.05) is 24.7 Å². The molecule has 0 amide bonds. The topological polar surface area (TPSA) is 104 Å². The third-order valence-corrected chi connectivity index (χ3v) is 7.02. The third kappa shape index (κ3) is 2.70. The van der Waals surface area contributed by atoms with Crippen molar-refractivity contribution in [2.75, 3.05) is 18.8 Å². The molecule has 3 aromatic rings. The molecule has 1 aliphatic rings. The normalized spacial score (nSPS) is 20.3. The van der Waals surface area contributed by atoms with E-state index in [-0.39, 0.29) is 11.8 Å². The number of nitrogens with one attached hydrogen (secondary N) is 1. The molecule has 2 atom stereocenters. The lowest BCUT2D eigenvalue weighted by atomic mass is 10.2. The van der Waals surface area contributed by atoms with Gasteiger partial charge >= 0.3 is 0 Å². The van der Waals surface area contributed by atoms with Crippen molar-refractivity contribution in [2.45, 2.75) is 38.8 Å². The molecule has 1 aliphatic heterocycles. The van der Waals surface area contributed by atoms with Gasteiger partial charge in [-0.1, -0.05) is 6.92 Å². The van der Waals surface area contributed by atoms with Crippen LogP contribution in [0.15, 0.2) is 18.5 Å². The Hall–Kier alpha value is -1.97. The van der Waals surface area contributed by atoms with Gasteiger partial charge in [-0.3, -0.25) is 0 Å². The number of aliphatic hydroxyl groups is 1. The highest BCUT2D eigenvalue weighted by Crippen LogP contribution is 2.34. The quantitative estimate of drug-likeness (QED) is 0.707. The Balaban J connectivity index is 1.83. The number of sulfonamides is 1. The fourth-order valence-electron chi connectivity index (χ4n) is 3.84. The van der Waals surface area contributed by atoms with Gasteiger partial charge in [0.15, 0.2) is 0 Å². The van der Waals surface area contributed by atoms with Crippen molar-refractivity contribution in [3.8, 4) is 0 Å². The number of hydrogen-bond donors (Lipinski definition) is 2. The minimum atomic E-state index is -3.23. The number of hydrogen-bond acceptors (Lipinski definition) is 5. The highest BCUT2D eigenvalue weighted by Gasteiger charge is 2.34. The van der Waals surface area contributed by atoms with E-state index in [4.69, 9.17) is 0 Å². The van der Waals surface area contributed by atoms with Crippen LogP contribution in [0.4, 0.5) is 0 Å². The number of rotatable bonds is 5. The van der Waals surface area contributed by atoms with Crippen LogP contribution < -0.4 is 0 Å². The van der Waals surface area contributed by atoms with Crippen molar-refractivity contribution in [3.63, 3.8) is 0 Å². The van der Waals surface area contributed by atoms with Gasteiger partial charge < -0.3 is 14.7 Å². The van der Waals surface area contributed by atoms with Gasteiger partial charge in [0.25, 0.3) is 0 Å². The maximum Gasteiger partial charge on any atom is 0.214 e. The molecule has 0 saturated carbocycles. The van der Waals surface area contributed by atoms with Gasteiger partial charge in [0.05, 0.1) is 23.5 Å². The molecular formula is C17H23N5O3S. The Morgan fingerprint density at radius 2 is 2.27 bits per heavy atom. The van der Waals surface area contributed by atoms with Gasteiger partial charge in [-0.2, -0.15) is 4.31 Å². The zero-order valence-electron chi connectivity index (χ0n) is 14.9. The predicted molar refractivity (Wildman–Crippen MR) is 99.3 cm³/mol. The average Bonchev–Trinajstić information content (AvgIpc) is 3.30. The largest absolute Gasteiger partial charge is 0.385 e. The van der Waals surface area contributed by atoms with Gasteiger partial charge in [0.2, 0.25) is 10.0 Å². The first-order valence-corrected chi connectivity index (χ1v) is 10.5. The Labute approximate surface area is 151 Å². The van der Waals surface area contributed by atoms with Crippen molar-refractivity contribution in [3.05, 3.63) is 24.3 Å². The summed E-state index contributed by atoms with van der Waals surface area (Å²) in [5, 5.41) is 11.2. The number of nitrogens with zero attached hydrogens (tertiary/aromatic N) is 4. The first-order valence-electron chi connectivity index (χ1n) is 8.92. The number of H-pyrrole nitrogens is 1. The van der Waals surface area contributed by atoms with E-state index in [9.17, 15) is 13.5 Å². The van der Waals surface area contributed by atoms with E-state index in [1.165, 1.54) is 0 Å². The summed E-state index contributed by atoms with van der Waals surface area (Å²) in [4.78, 5) is 12.0. The number of aromatic amines is 1. The van der Waals surface area contributed by atoms with Crippen molar-refractivity contribution >= 4 is 32.1 Å². The van der Waals surface area contributed by atoms with Crippen LogP contribution in [0.2, 0.25) is 0 Å². The molecule has 4 rings (SSSR count). The maximum atomic E-state index is 12.4. The number of aliphatic hydroxyl groups excluding tert-OH is 1. The van der Waals surface area contributed by atoms with E-state index in [0.29, 0.717) is 37.3 Å². The van der Waals surface area contributed by atoms with E-state index >= 15 is 0 Å². The van der Waals surface area contributed by atoms with E-state index in [2.05, 4.69) is 15.0 Å². The maximum absolute atomic E-state index is 12.4. The summed E-state index contributed by atoms with van der Waals surface area (Å²) in [6.45, 7) is 4.45. The first-order chi connectivity index (χ1) is 12.4. The van der Waals surface area contributed by atoms with Crippen LogP contribution in [-0.2, 0) is 10.0 Å². The number of imidazole rings is 1. The predicted octanol–water partition coefficient (Wildman–Crippen LogP) is 1.95. The molecule has 140 valence electrons. The third-order valence-electron chi connectivity index (χ3n) is 4.98. The molecule has 0 aliphatic carbocycles. The molecule has 1 unspecified atom stereocenters. The lowest BCUT2D eigenvalue weighted by Gasteiger charge is -2.20. The summed E-state index contributed by atoms with van der Waals surface area (Å²) < 4.78 is 28.5. The average molecular weight is 377 g/mol. The van der Waals surface area contributed by atoms with Gasteiger partial charge in [0.1, 0.15) is 23.1 Å². The summed E-state index contributed by atoms with van der Waals surface area (Å²) in [5.41, 5.74) is 2.36. The molecule has 2 N–H and O–H groups in total. The van der Waals surface area contributed by atoms with E-state index in [0.717, 1.165) is 16.6 Å². The molecule has 0 spiro atoms. The van der Waals surface area contributed by atoms with Crippen LogP contribution in [0, 0.1) is 0 Å². The van der Waals surface area contributed by atoms with Gasteiger partial charge in [-0.15, -0.1) is 0 Å². The van der Waals surface area contributed by atoms with Crippen molar-refractivity contribution in [2.24, 2.45) is 0 Å². The monoisotopic (exact) mass is 377 g/mol. The van der Waals surface area contributed by atoms with Crippen LogP contribution in [0.5, 0.6) is 0 Å². The highest BCUT2D eigenvalue weighted by atomic mass is 32.2. The summed E-state index contributed by atoms with van der Waals surface area (Å²) >= 11 is 0. The number of pyridine rings is 1. The SMILES string of the molecule is CCCS(=O)(=O)N1CCC(n2c([C@@H](C)O)nc3cnc4[nH]ccc4c32)C1. The van der Waals surface area contributed by atoms with Gasteiger partial charge in [-0.25, -0.2) is 18.4 Å². The molecule has 0 aromatic carbocycles. The second kappa shape index (κ2) is 6.33. The molecule has 3 aromatic heterocycles. The number of fused-ring (bicyclic) bond motifs is 3.